The highest BCUT2D eigenvalue weighted by molar-refractivity contribution is 9.11. The predicted octanol–water partition coefficient (Wildman–Crippen LogP) is 10.5. The van der Waals surface area contributed by atoms with Gasteiger partial charge in [0.2, 0.25) is 0 Å². The van der Waals surface area contributed by atoms with Crippen molar-refractivity contribution in [3.05, 3.63) is 162 Å². The van der Waals surface area contributed by atoms with E-state index in [9.17, 15) is 20.2 Å². The highest BCUT2D eigenvalue weighted by Crippen LogP contribution is 2.25. The Kier molecular flexibility index (Phi) is 13.4. The lowest BCUT2D eigenvalue weighted by atomic mass is 10.2. The third kappa shape index (κ3) is 10.8. The molecule has 9 rings (SSSR count). The molecular weight excluding hydrogens is 912 g/mol. The first kappa shape index (κ1) is 40.0. The quantitative estimate of drug-likeness (QED) is 0.101. The van der Waals surface area contributed by atoms with E-state index in [2.05, 4.69) is 96.9 Å². The number of non-ortho nitro benzene ring substituents is 2. The van der Waals surface area contributed by atoms with Gasteiger partial charge in [0, 0.05) is 108 Å². The summed E-state index contributed by atoms with van der Waals surface area (Å²) in [6.07, 6.45) is 6.84. The van der Waals surface area contributed by atoms with Gasteiger partial charge >= 0.3 is 0 Å². The predicted molar refractivity (Wildman–Crippen MR) is 231 cm³/mol. The molecule has 0 atom stereocenters. The van der Waals surface area contributed by atoms with Gasteiger partial charge in [-0.05, 0) is 108 Å². The maximum absolute atomic E-state index is 10.5. The topological polar surface area (TPSA) is 176 Å². The number of ether oxygens (including phenoxy) is 1. The first-order chi connectivity index (χ1) is 27.0. The Hall–Kier alpha value is -5.68. The van der Waals surface area contributed by atoms with Crippen LogP contribution in [0.4, 0.5) is 22.7 Å². The number of nitro groups is 2. The average Bonchev–Trinajstić information content (AvgIpc) is 3.21. The molecule has 56 heavy (non-hydrogen) atoms. The summed E-state index contributed by atoms with van der Waals surface area (Å²) in [5.41, 5.74) is 11.0. The molecule has 0 saturated carbocycles. The van der Waals surface area contributed by atoms with E-state index < -0.39 is 9.85 Å². The van der Waals surface area contributed by atoms with E-state index in [1.165, 1.54) is 30.0 Å². The second-order valence-corrected chi connectivity index (χ2v) is 14.9. The van der Waals surface area contributed by atoms with Gasteiger partial charge in [-0.1, -0.05) is 18.2 Å². The van der Waals surface area contributed by atoms with Crippen molar-refractivity contribution in [3.8, 4) is 0 Å². The molecule has 1 saturated heterocycles. The minimum Gasteiger partial charge on any atom is -0.399 e. The van der Waals surface area contributed by atoms with Crippen molar-refractivity contribution in [1.29, 1.82) is 0 Å². The fraction of sp³-hybridized carbons (Fsp3) is 0.100. The lowest BCUT2D eigenvalue weighted by molar-refractivity contribution is -0.384. The molecule has 0 radical (unpaired) electrons. The largest absolute Gasteiger partial charge is 0.399 e. The summed E-state index contributed by atoms with van der Waals surface area (Å²) < 4.78 is 8.22. The van der Waals surface area contributed by atoms with Crippen molar-refractivity contribution >= 4 is 114 Å². The van der Waals surface area contributed by atoms with Crippen LogP contribution in [0.25, 0.3) is 43.6 Å². The van der Waals surface area contributed by atoms with Gasteiger partial charge in [-0.3, -0.25) is 40.2 Å². The zero-order chi connectivity index (χ0) is 39.6. The zero-order valence-electron chi connectivity index (χ0n) is 29.3. The fourth-order valence-corrected chi connectivity index (χ4v) is 6.62. The van der Waals surface area contributed by atoms with E-state index in [0.717, 1.165) is 78.0 Å². The van der Waals surface area contributed by atoms with Crippen molar-refractivity contribution in [2.45, 2.75) is 0 Å². The second kappa shape index (κ2) is 18.8. The molecule has 1 fully saturated rings. The van der Waals surface area contributed by atoms with Crippen molar-refractivity contribution in [1.82, 2.24) is 19.9 Å². The molecular formula is C40H31Br3N8O5. The second-order valence-electron chi connectivity index (χ2n) is 12.2. The lowest BCUT2D eigenvalue weighted by Crippen LogP contribution is -2.36. The van der Waals surface area contributed by atoms with Crippen LogP contribution in [0.3, 0.4) is 0 Å². The molecule has 282 valence electrons. The molecule has 0 amide bonds. The van der Waals surface area contributed by atoms with E-state index >= 15 is 0 Å². The number of nitro benzene ring substituents is 2. The van der Waals surface area contributed by atoms with Crippen LogP contribution < -0.4 is 10.6 Å². The van der Waals surface area contributed by atoms with Crippen LogP contribution >= 0.6 is 47.8 Å². The van der Waals surface area contributed by atoms with Crippen molar-refractivity contribution in [3.63, 3.8) is 0 Å². The van der Waals surface area contributed by atoms with Gasteiger partial charge in [-0.2, -0.15) is 0 Å². The van der Waals surface area contributed by atoms with Crippen molar-refractivity contribution in [2.24, 2.45) is 0 Å². The number of benzene rings is 4. The normalized spacial score (nSPS) is 12.2. The smallest absolute Gasteiger partial charge is 0.271 e. The number of rotatable bonds is 3. The van der Waals surface area contributed by atoms with E-state index in [4.69, 9.17) is 10.5 Å². The number of fused-ring (bicyclic) bond motifs is 4. The van der Waals surface area contributed by atoms with E-state index in [1.54, 1.807) is 36.8 Å². The van der Waals surface area contributed by atoms with Crippen LogP contribution in [-0.2, 0) is 4.74 Å². The fourth-order valence-electron chi connectivity index (χ4n) is 5.58. The molecule has 8 aromatic rings. The average molecular weight is 943 g/mol. The Morgan fingerprint density at radius 2 is 1.04 bits per heavy atom. The van der Waals surface area contributed by atoms with Gasteiger partial charge in [0.1, 0.15) is 0 Å². The number of halogens is 3. The maximum atomic E-state index is 10.5. The molecule has 1 aliphatic rings. The number of nitrogens with zero attached hydrogens (tertiary/aromatic N) is 7. The highest BCUT2D eigenvalue weighted by Gasteiger charge is 2.12. The van der Waals surface area contributed by atoms with Gasteiger partial charge in [0.25, 0.3) is 11.4 Å². The summed E-state index contributed by atoms with van der Waals surface area (Å²) in [5.74, 6) is 0. The van der Waals surface area contributed by atoms with E-state index in [1.807, 2.05) is 42.6 Å². The number of nitrogens with two attached hydrogens (primary N) is 1. The van der Waals surface area contributed by atoms with E-state index in [0.29, 0.717) is 11.0 Å². The van der Waals surface area contributed by atoms with Crippen molar-refractivity contribution < 1.29 is 14.6 Å². The summed E-state index contributed by atoms with van der Waals surface area (Å²) in [6, 6.07) is 31.0. The van der Waals surface area contributed by atoms with Gasteiger partial charge in [-0.15, -0.1) is 0 Å². The van der Waals surface area contributed by atoms with Crippen LogP contribution in [0.1, 0.15) is 0 Å². The van der Waals surface area contributed by atoms with Gasteiger partial charge in [-0.25, -0.2) is 0 Å². The Morgan fingerprint density at radius 3 is 1.59 bits per heavy atom. The maximum Gasteiger partial charge on any atom is 0.271 e. The van der Waals surface area contributed by atoms with Crippen LogP contribution in [0.2, 0.25) is 0 Å². The van der Waals surface area contributed by atoms with Crippen LogP contribution in [0.5, 0.6) is 0 Å². The number of hydrogen-bond donors (Lipinski definition) is 1. The minimum absolute atomic E-state index is 0.0623. The molecule has 16 heteroatoms. The monoisotopic (exact) mass is 940 g/mol. The molecule has 1 aliphatic heterocycles. The summed E-state index contributed by atoms with van der Waals surface area (Å²) >= 11 is 10.1. The molecule has 4 aromatic carbocycles. The first-order valence-corrected chi connectivity index (χ1v) is 19.3. The van der Waals surface area contributed by atoms with Gasteiger partial charge in [0.15, 0.2) is 0 Å². The summed E-state index contributed by atoms with van der Waals surface area (Å²) in [5, 5.41) is 25.0. The minimum atomic E-state index is -0.427. The molecule has 2 N–H and O–H groups in total. The Labute approximate surface area is 345 Å². The van der Waals surface area contributed by atoms with E-state index in [-0.39, 0.29) is 11.4 Å². The standard InChI is InChI=1S/C13H13BrN2O.C9H5BrN2O2.C9H7BrN2.C9H6N2O2/c14-11-7-10-1-2-12(8-13(10)15-9-11)16-3-5-17-6-4-16;10-7-3-6-1-2-8(12(13)14)4-9(6)11-5-7;10-7-3-6-1-2-8(11)4-9(6)12-5-7;12-11(13)8-4-3-7-2-1-5-10-9(7)6-8/h1-2,7-9H,3-6H2;1-5H;1-5H,11H2;1-6H. The number of anilines is 2. The van der Waals surface area contributed by atoms with Crippen molar-refractivity contribution in [2.75, 3.05) is 36.9 Å². The molecule has 4 aromatic heterocycles. The summed E-state index contributed by atoms with van der Waals surface area (Å²) in [6.45, 7) is 3.54. The third-order valence-electron chi connectivity index (χ3n) is 8.33. The molecule has 0 spiro atoms. The third-order valence-corrected chi connectivity index (χ3v) is 9.63. The first-order valence-electron chi connectivity index (χ1n) is 16.9. The molecule has 0 bridgehead atoms. The van der Waals surface area contributed by atoms with Gasteiger partial charge < -0.3 is 15.4 Å². The molecule has 5 heterocycles. The lowest BCUT2D eigenvalue weighted by Gasteiger charge is -2.28. The number of aromatic nitrogens is 4. The summed E-state index contributed by atoms with van der Waals surface area (Å²) in [7, 11) is 0. The number of pyridine rings is 4. The molecule has 0 aliphatic carbocycles. The zero-order valence-corrected chi connectivity index (χ0v) is 34.1. The summed E-state index contributed by atoms with van der Waals surface area (Å²) in [4.78, 5) is 39.1. The number of hydrogen-bond acceptors (Lipinski definition) is 11. The Morgan fingerprint density at radius 1 is 0.571 bits per heavy atom. The van der Waals surface area contributed by atoms with Crippen LogP contribution in [0, 0.1) is 20.2 Å². The highest BCUT2D eigenvalue weighted by atomic mass is 79.9. The van der Waals surface area contributed by atoms with Crippen LogP contribution in [0.15, 0.2) is 141 Å². The van der Waals surface area contributed by atoms with Crippen LogP contribution in [-0.4, -0.2) is 56.1 Å². The Balaban J connectivity index is 0.000000128. The number of nitrogen functional groups attached to an aromatic ring is 1. The molecule has 0 unspecified atom stereocenters. The SMILES string of the molecule is Brc1cnc2cc(N3CCOCC3)ccc2c1.Nc1ccc2cc(Br)cnc2c1.O=[N+]([O-])c1ccc2cc(Br)cnc2c1.O=[N+]([O-])c1ccc2cccnc2c1. The molecule has 13 nitrogen and oxygen atoms in total. The van der Waals surface area contributed by atoms with Gasteiger partial charge in [0.05, 0.1) is 45.1 Å². The Bertz CT molecular complexity index is 2640. The number of morpholine rings is 1.